The fourth-order valence-corrected chi connectivity index (χ4v) is 6.22. The van der Waals surface area contributed by atoms with Gasteiger partial charge in [0.05, 0.1) is 17.7 Å². The van der Waals surface area contributed by atoms with Gasteiger partial charge in [0.15, 0.2) is 0 Å². The van der Waals surface area contributed by atoms with Gasteiger partial charge in [-0.05, 0) is 60.9 Å². The molecule has 0 unspecified atom stereocenters. The Morgan fingerprint density at radius 2 is 1.51 bits per heavy atom. The van der Waals surface area contributed by atoms with Gasteiger partial charge < -0.3 is 15.0 Å². The Hall–Kier alpha value is -4.70. The number of ether oxygens (including phenoxy) is 1. The molecule has 0 saturated heterocycles. The number of anilines is 1. The van der Waals surface area contributed by atoms with Crippen LogP contribution in [0.2, 0.25) is 0 Å². The van der Waals surface area contributed by atoms with Crippen LogP contribution in [-0.4, -0.2) is 50.9 Å². The first-order chi connectivity index (χ1) is 21.6. The van der Waals surface area contributed by atoms with Gasteiger partial charge in [0, 0.05) is 25.1 Å². The van der Waals surface area contributed by atoms with Crippen molar-refractivity contribution in [1.82, 2.24) is 10.2 Å². The van der Waals surface area contributed by atoms with Crippen molar-refractivity contribution in [2.75, 3.05) is 18.0 Å². The van der Waals surface area contributed by atoms with E-state index in [-0.39, 0.29) is 35.5 Å². The van der Waals surface area contributed by atoms with Gasteiger partial charge in [-0.3, -0.25) is 13.9 Å². The zero-order valence-electron chi connectivity index (χ0n) is 25.6. The van der Waals surface area contributed by atoms with Crippen LogP contribution in [-0.2, 0) is 32.6 Å². The van der Waals surface area contributed by atoms with Gasteiger partial charge >= 0.3 is 0 Å². The van der Waals surface area contributed by atoms with Crippen LogP contribution >= 0.6 is 0 Å². The third-order valence-electron chi connectivity index (χ3n) is 7.49. The number of methoxy groups -OCH3 is 1. The van der Waals surface area contributed by atoms with Gasteiger partial charge in [-0.25, -0.2) is 12.8 Å². The standard InChI is InChI=1S/C35H38FN3O5S/c1-4-26(2)37-35(41)33(22-27-12-7-5-8-13-27)38(24-28-18-20-29(36)21-19-28)34(40)25-39(30-14-11-15-31(23-30)44-3)45(42,43)32-16-9-6-10-17-32/h5-21,23,26,33H,4,22,24-25H2,1-3H3,(H,37,41)/t26-,33-/m0/s1. The summed E-state index contributed by atoms with van der Waals surface area (Å²) in [5.74, 6) is -1.01. The molecule has 4 rings (SSSR count). The lowest BCUT2D eigenvalue weighted by Gasteiger charge is -2.34. The van der Waals surface area contributed by atoms with Crippen LogP contribution in [0.4, 0.5) is 10.1 Å². The molecule has 4 aromatic rings. The van der Waals surface area contributed by atoms with Crippen LogP contribution in [0.5, 0.6) is 5.75 Å². The fourth-order valence-electron chi connectivity index (χ4n) is 4.80. The molecule has 0 radical (unpaired) electrons. The summed E-state index contributed by atoms with van der Waals surface area (Å²) in [4.78, 5) is 29.7. The number of amides is 2. The number of benzene rings is 4. The molecule has 236 valence electrons. The molecular weight excluding hydrogens is 593 g/mol. The summed E-state index contributed by atoms with van der Waals surface area (Å²) in [7, 11) is -2.77. The van der Waals surface area contributed by atoms with Gasteiger partial charge in [0.2, 0.25) is 11.8 Å². The maximum atomic E-state index is 14.5. The number of carbonyl (C=O) groups is 2. The number of sulfonamides is 1. The zero-order valence-corrected chi connectivity index (χ0v) is 26.4. The zero-order chi connectivity index (χ0) is 32.4. The molecule has 2 atom stereocenters. The van der Waals surface area contributed by atoms with Crippen molar-refractivity contribution in [3.8, 4) is 5.75 Å². The summed E-state index contributed by atoms with van der Waals surface area (Å²) in [6, 6.07) is 28.1. The molecule has 0 spiro atoms. The van der Waals surface area contributed by atoms with Gasteiger partial charge in [-0.15, -0.1) is 0 Å². The molecule has 0 aliphatic carbocycles. The van der Waals surface area contributed by atoms with Crippen molar-refractivity contribution >= 4 is 27.5 Å². The second-order valence-corrected chi connectivity index (χ2v) is 12.6. The van der Waals surface area contributed by atoms with E-state index < -0.39 is 34.3 Å². The van der Waals surface area contributed by atoms with Crippen LogP contribution in [0.3, 0.4) is 0 Å². The monoisotopic (exact) mass is 631 g/mol. The normalized spacial score (nSPS) is 12.5. The van der Waals surface area contributed by atoms with E-state index in [1.807, 2.05) is 44.2 Å². The minimum atomic E-state index is -4.23. The molecule has 0 heterocycles. The van der Waals surface area contributed by atoms with Crippen molar-refractivity contribution in [3.63, 3.8) is 0 Å². The first-order valence-electron chi connectivity index (χ1n) is 14.7. The van der Waals surface area contributed by atoms with Gasteiger partial charge in [0.25, 0.3) is 10.0 Å². The number of rotatable bonds is 14. The fraction of sp³-hybridized carbons (Fsp3) is 0.257. The van der Waals surface area contributed by atoms with Gasteiger partial charge in [-0.2, -0.15) is 0 Å². The van der Waals surface area contributed by atoms with Crippen molar-refractivity contribution in [2.24, 2.45) is 0 Å². The SMILES string of the molecule is CC[C@H](C)NC(=O)[C@H](Cc1ccccc1)N(Cc1ccc(F)cc1)C(=O)CN(c1cccc(OC)c1)S(=O)(=O)c1ccccc1. The minimum absolute atomic E-state index is 0.000976. The quantitative estimate of drug-likeness (QED) is 0.196. The van der Waals surface area contributed by atoms with Crippen LogP contribution in [0, 0.1) is 5.82 Å². The summed E-state index contributed by atoms with van der Waals surface area (Å²) >= 11 is 0. The third kappa shape index (κ3) is 8.69. The number of hydrogen-bond donors (Lipinski definition) is 1. The van der Waals surface area contributed by atoms with E-state index >= 15 is 0 Å². The van der Waals surface area contributed by atoms with Crippen molar-refractivity contribution in [2.45, 2.75) is 50.2 Å². The number of carbonyl (C=O) groups excluding carboxylic acids is 2. The molecule has 10 heteroatoms. The molecule has 0 aliphatic heterocycles. The van der Waals surface area contributed by atoms with E-state index in [1.165, 1.54) is 42.3 Å². The molecule has 0 aromatic heterocycles. The van der Waals surface area contributed by atoms with Crippen LogP contribution in [0.15, 0.2) is 114 Å². The van der Waals surface area contributed by atoms with E-state index in [0.29, 0.717) is 17.7 Å². The highest BCUT2D eigenvalue weighted by Gasteiger charge is 2.35. The molecule has 1 N–H and O–H groups in total. The maximum absolute atomic E-state index is 14.5. The van der Waals surface area contributed by atoms with E-state index in [1.54, 1.807) is 48.5 Å². The number of hydrogen-bond acceptors (Lipinski definition) is 5. The lowest BCUT2D eigenvalue weighted by molar-refractivity contribution is -0.140. The Morgan fingerprint density at radius 3 is 2.13 bits per heavy atom. The van der Waals surface area contributed by atoms with Gasteiger partial charge in [-0.1, -0.05) is 73.7 Å². The first-order valence-corrected chi connectivity index (χ1v) is 16.2. The summed E-state index contributed by atoms with van der Waals surface area (Å²) in [5.41, 5.74) is 1.62. The minimum Gasteiger partial charge on any atom is -0.497 e. The summed E-state index contributed by atoms with van der Waals surface area (Å²) in [5, 5.41) is 3.00. The van der Waals surface area contributed by atoms with Crippen LogP contribution in [0.1, 0.15) is 31.4 Å². The predicted octanol–water partition coefficient (Wildman–Crippen LogP) is 5.58. The summed E-state index contributed by atoms with van der Waals surface area (Å²) in [6.07, 6.45) is 0.856. The smallest absolute Gasteiger partial charge is 0.264 e. The summed E-state index contributed by atoms with van der Waals surface area (Å²) < 4.78 is 48.3. The second-order valence-electron chi connectivity index (χ2n) is 10.7. The lowest BCUT2D eigenvalue weighted by atomic mass is 10.0. The van der Waals surface area contributed by atoms with Crippen molar-refractivity contribution < 1.29 is 27.1 Å². The Labute approximate surface area is 264 Å². The maximum Gasteiger partial charge on any atom is 0.264 e. The van der Waals surface area contributed by atoms with Gasteiger partial charge in [0.1, 0.15) is 24.2 Å². The van der Waals surface area contributed by atoms with E-state index in [0.717, 1.165) is 9.87 Å². The Bertz CT molecular complexity index is 1670. The number of nitrogens with one attached hydrogen (secondary N) is 1. The molecule has 8 nitrogen and oxygen atoms in total. The topological polar surface area (TPSA) is 96.0 Å². The largest absolute Gasteiger partial charge is 0.497 e. The Morgan fingerprint density at radius 1 is 0.867 bits per heavy atom. The molecule has 2 amide bonds. The Kier molecular flexibility index (Phi) is 11.3. The first kappa shape index (κ1) is 33.2. The van der Waals surface area contributed by atoms with Crippen molar-refractivity contribution in [3.05, 3.63) is 126 Å². The molecule has 45 heavy (non-hydrogen) atoms. The van der Waals surface area contributed by atoms with Crippen LogP contribution in [0.25, 0.3) is 0 Å². The number of nitrogens with zero attached hydrogens (tertiary/aromatic N) is 2. The molecule has 0 fully saturated rings. The van der Waals surface area contributed by atoms with E-state index in [9.17, 15) is 22.4 Å². The second kappa shape index (κ2) is 15.3. The highest BCUT2D eigenvalue weighted by molar-refractivity contribution is 7.92. The molecule has 4 aromatic carbocycles. The highest BCUT2D eigenvalue weighted by Crippen LogP contribution is 2.28. The lowest BCUT2D eigenvalue weighted by Crippen LogP contribution is -2.54. The van der Waals surface area contributed by atoms with Crippen LogP contribution < -0.4 is 14.4 Å². The average Bonchev–Trinajstić information content (AvgIpc) is 3.06. The molecule has 0 aliphatic rings. The molecule has 0 saturated carbocycles. The van der Waals surface area contributed by atoms with E-state index in [4.69, 9.17) is 4.74 Å². The third-order valence-corrected chi connectivity index (χ3v) is 9.28. The number of halogens is 1. The average molecular weight is 632 g/mol. The van der Waals surface area contributed by atoms with E-state index in [2.05, 4.69) is 5.32 Å². The predicted molar refractivity (Wildman–Crippen MR) is 173 cm³/mol. The highest BCUT2D eigenvalue weighted by atomic mass is 32.2. The van der Waals surface area contributed by atoms with Crippen molar-refractivity contribution in [1.29, 1.82) is 0 Å². The summed E-state index contributed by atoms with van der Waals surface area (Å²) in [6.45, 7) is 3.16. The molecule has 0 bridgehead atoms. The Balaban J connectivity index is 1.81. The molecular formula is C35H38FN3O5S.